The number of benzene rings is 1. The summed E-state index contributed by atoms with van der Waals surface area (Å²) in [5.41, 5.74) is 1.29. The van der Waals surface area contributed by atoms with E-state index in [-0.39, 0.29) is 17.2 Å². The summed E-state index contributed by atoms with van der Waals surface area (Å²) in [4.78, 5) is 29.7. The van der Waals surface area contributed by atoms with Gasteiger partial charge in [-0.3, -0.25) is 14.2 Å². The number of nitrogens with zero attached hydrogens (tertiary/aromatic N) is 2. The van der Waals surface area contributed by atoms with Crippen LogP contribution in [0.2, 0.25) is 5.02 Å². The molecule has 0 radical (unpaired) electrons. The number of hydrogen-bond donors (Lipinski definition) is 1. The zero-order chi connectivity index (χ0) is 19.4. The third kappa shape index (κ3) is 5.12. The number of carbonyl (C=O) groups is 1. The molecule has 27 heavy (non-hydrogen) atoms. The molecule has 0 aliphatic rings. The summed E-state index contributed by atoms with van der Waals surface area (Å²) in [6.45, 7) is 4.83. The van der Waals surface area contributed by atoms with Crippen molar-refractivity contribution >= 4 is 56.5 Å². The second kappa shape index (κ2) is 8.91. The van der Waals surface area contributed by atoms with Crippen LogP contribution < -0.4 is 10.9 Å². The van der Waals surface area contributed by atoms with E-state index >= 15 is 0 Å². The van der Waals surface area contributed by atoms with E-state index in [1.54, 1.807) is 28.8 Å². The van der Waals surface area contributed by atoms with Gasteiger partial charge < -0.3 is 5.32 Å². The molecule has 0 aliphatic carbocycles. The Morgan fingerprint density at radius 1 is 1.37 bits per heavy atom. The Labute approximate surface area is 170 Å². The number of thioether (sulfide) groups is 1. The molecule has 1 amide bonds. The molecule has 2 aromatic heterocycles. The van der Waals surface area contributed by atoms with E-state index in [0.29, 0.717) is 38.5 Å². The first-order valence-corrected chi connectivity index (χ1v) is 10.8. The van der Waals surface area contributed by atoms with Crippen LogP contribution in [0.4, 0.5) is 5.69 Å². The van der Waals surface area contributed by atoms with Crippen molar-refractivity contribution < 1.29 is 4.79 Å². The third-order valence-corrected chi connectivity index (χ3v) is 6.00. The summed E-state index contributed by atoms with van der Waals surface area (Å²) in [5.74, 6) is 0.466. The average Bonchev–Trinajstić information content (AvgIpc) is 3.08. The van der Waals surface area contributed by atoms with Gasteiger partial charge in [-0.25, -0.2) is 4.98 Å². The number of anilines is 1. The molecule has 0 fully saturated rings. The highest BCUT2D eigenvalue weighted by atomic mass is 35.5. The van der Waals surface area contributed by atoms with E-state index in [0.717, 1.165) is 6.42 Å². The number of amides is 1. The summed E-state index contributed by atoms with van der Waals surface area (Å²) in [5, 5.41) is 5.82. The fraction of sp³-hybridized carbons (Fsp3) is 0.316. The Balaban J connectivity index is 1.77. The van der Waals surface area contributed by atoms with E-state index in [1.807, 2.05) is 11.4 Å². The van der Waals surface area contributed by atoms with E-state index < -0.39 is 0 Å². The summed E-state index contributed by atoms with van der Waals surface area (Å²) >= 11 is 8.62. The average molecular weight is 422 g/mol. The van der Waals surface area contributed by atoms with Gasteiger partial charge in [0.1, 0.15) is 4.70 Å². The molecule has 2 heterocycles. The Bertz CT molecular complexity index is 1010. The number of thiophene rings is 1. The maximum absolute atomic E-state index is 12.8. The van der Waals surface area contributed by atoms with Crippen molar-refractivity contribution in [2.75, 3.05) is 11.1 Å². The number of halogens is 1. The highest BCUT2D eigenvalue weighted by Crippen LogP contribution is 2.22. The quantitative estimate of drug-likeness (QED) is 0.435. The van der Waals surface area contributed by atoms with Crippen molar-refractivity contribution in [1.29, 1.82) is 0 Å². The maximum atomic E-state index is 12.8. The van der Waals surface area contributed by atoms with Crippen LogP contribution in [-0.4, -0.2) is 21.2 Å². The summed E-state index contributed by atoms with van der Waals surface area (Å²) in [7, 11) is 0. The summed E-state index contributed by atoms with van der Waals surface area (Å²) < 4.78 is 2.35. The van der Waals surface area contributed by atoms with Crippen LogP contribution in [0.5, 0.6) is 0 Å². The van der Waals surface area contributed by atoms with Crippen molar-refractivity contribution in [3.05, 3.63) is 51.1 Å². The Kier molecular flexibility index (Phi) is 6.57. The van der Waals surface area contributed by atoms with Crippen LogP contribution >= 0.6 is 34.7 Å². The fourth-order valence-corrected chi connectivity index (χ4v) is 4.31. The van der Waals surface area contributed by atoms with Gasteiger partial charge in [0.25, 0.3) is 5.56 Å². The second-order valence-electron chi connectivity index (χ2n) is 6.52. The minimum Gasteiger partial charge on any atom is -0.325 e. The standard InChI is InChI=1S/C19H20ClN3O2S2/c1-12(2)6-8-23-18(25)17-15(7-9-26-17)22-19(23)27-11-16(24)21-14-5-3-4-13(20)10-14/h3-5,7,9-10,12H,6,8,11H2,1-2H3,(H,21,24). The maximum Gasteiger partial charge on any atom is 0.272 e. The molecule has 3 rings (SSSR count). The lowest BCUT2D eigenvalue weighted by Crippen LogP contribution is -2.24. The van der Waals surface area contributed by atoms with Crippen LogP contribution in [-0.2, 0) is 11.3 Å². The number of hydrogen-bond acceptors (Lipinski definition) is 5. The molecule has 8 heteroatoms. The number of aromatic nitrogens is 2. The van der Waals surface area contributed by atoms with Crippen molar-refractivity contribution in [2.24, 2.45) is 5.92 Å². The Morgan fingerprint density at radius 2 is 2.19 bits per heavy atom. The molecule has 142 valence electrons. The first-order chi connectivity index (χ1) is 12.9. The largest absolute Gasteiger partial charge is 0.325 e. The molecule has 0 spiro atoms. The predicted octanol–water partition coefficient (Wildman–Crippen LogP) is 4.89. The van der Waals surface area contributed by atoms with Crippen LogP contribution in [0.15, 0.2) is 45.7 Å². The van der Waals surface area contributed by atoms with E-state index in [1.165, 1.54) is 23.1 Å². The van der Waals surface area contributed by atoms with Crippen molar-refractivity contribution in [2.45, 2.75) is 32.0 Å². The first-order valence-electron chi connectivity index (χ1n) is 8.60. The van der Waals surface area contributed by atoms with Gasteiger partial charge in [-0.05, 0) is 42.0 Å². The van der Waals surface area contributed by atoms with Gasteiger partial charge in [-0.1, -0.05) is 43.3 Å². The minimum absolute atomic E-state index is 0.0339. The normalized spacial score (nSPS) is 11.3. The molecule has 1 aromatic carbocycles. The smallest absolute Gasteiger partial charge is 0.272 e. The highest BCUT2D eigenvalue weighted by molar-refractivity contribution is 7.99. The lowest BCUT2D eigenvalue weighted by Gasteiger charge is -2.13. The molecule has 0 saturated carbocycles. The van der Waals surface area contributed by atoms with Crippen molar-refractivity contribution in [1.82, 2.24) is 9.55 Å². The van der Waals surface area contributed by atoms with Crippen LogP contribution in [0, 0.1) is 5.92 Å². The van der Waals surface area contributed by atoms with Gasteiger partial charge in [0.05, 0.1) is 11.3 Å². The highest BCUT2D eigenvalue weighted by Gasteiger charge is 2.14. The summed E-state index contributed by atoms with van der Waals surface area (Å²) in [6, 6.07) is 8.84. The molecule has 1 N–H and O–H groups in total. The molecular formula is C19H20ClN3O2S2. The van der Waals surface area contributed by atoms with Crippen molar-refractivity contribution in [3.63, 3.8) is 0 Å². The lowest BCUT2D eigenvalue weighted by atomic mass is 10.1. The SMILES string of the molecule is CC(C)CCn1c(SCC(=O)Nc2cccc(Cl)c2)nc2ccsc2c1=O. The third-order valence-electron chi connectivity index (χ3n) is 3.90. The van der Waals surface area contributed by atoms with Crippen LogP contribution in [0.1, 0.15) is 20.3 Å². The predicted molar refractivity (Wildman–Crippen MR) is 114 cm³/mol. The number of nitrogens with one attached hydrogen (secondary N) is 1. The van der Waals surface area contributed by atoms with Gasteiger partial charge in [0.15, 0.2) is 5.16 Å². The Morgan fingerprint density at radius 3 is 2.93 bits per heavy atom. The molecule has 0 saturated heterocycles. The zero-order valence-corrected chi connectivity index (χ0v) is 17.5. The number of carbonyl (C=O) groups excluding carboxylic acids is 1. The van der Waals surface area contributed by atoms with Gasteiger partial charge in [-0.15, -0.1) is 11.3 Å². The van der Waals surface area contributed by atoms with Crippen molar-refractivity contribution in [3.8, 4) is 0 Å². The topological polar surface area (TPSA) is 64.0 Å². The minimum atomic E-state index is -0.169. The molecule has 5 nitrogen and oxygen atoms in total. The van der Waals surface area contributed by atoms with Gasteiger partial charge >= 0.3 is 0 Å². The molecular weight excluding hydrogens is 402 g/mol. The van der Waals surface area contributed by atoms with Gasteiger partial charge in [0, 0.05) is 17.3 Å². The molecule has 3 aromatic rings. The lowest BCUT2D eigenvalue weighted by molar-refractivity contribution is -0.113. The Hall–Kier alpha value is -1.83. The van der Waals surface area contributed by atoms with Gasteiger partial charge in [-0.2, -0.15) is 0 Å². The molecule has 0 atom stereocenters. The molecule has 0 aliphatic heterocycles. The number of rotatable bonds is 7. The van der Waals surface area contributed by atoms with Gasteiger partial charge in [0.2, 0.25) is 5.91 Å². The van der Waals surface area contributed by atoms with Crippen LogP contribution in [0.25, 0.3) is 10.2 Å². The van der Waals surface area contributed by atoms with E-state index in [9.17, 15) is 9.59 Å². The van der Waals surface area contributed by atoms with Crippen LogP contribution in [0.3, 0.4) is 0 Å². The molecule has 0 unspecified atom stereocenters. The fourth-order valence-electron chi connectivity index (χ4n) is 2.51. The summed E-state index contributed by atoms with van der Waals surface area (Å²) in [6.07, 6.45) is 0.876. The van der Waals surface area contributed by atoms with E-state index in [2.05, 4.69) is 24.1 Å². The zero-order valence-electron chi connectivity index (χ0n) is 15.1. The molecule has 0 bridgehead atoms. The number of fused-ring (bicyclic) bond motifs is 1. The second-order valence-corrected chi connectivity index (χ2v) is 8.81. The monoisotopic (exact) mass is 421 g/mol. The van der Waals surface area contributed by atoms with E-state index in [4.69, 9.17) is 11.6 Å². The first kappa shape index (κ1) is 19.9.